The van der Waals surface area contributed by atoms with Gasteiger partial charge in [-0.15, -0.1) is 0 Å². The van der Waals surface area contributed by atoms with Gasteiger partial charge in [-0.25, -0.2) is 4.79 Å². The van der Waals surface area contributed by atoms with Crippen molar-refractivity contribution in [3.63, 3.8) is 0 Å². The summed E-state index contributed by atoms with van der Waals surface area (Å²) in [7, 11) is 2.32. The van der Waals surface area contributed by atoms with Gasteiger partial charge in [0.05, 0.1) is 33.9 Å². The standard InChI is InChI=1S/C48H80N10O15/c1-12-29(8)41(47(70)51-24-39(64)73-11)57-48(71)40(28(6)7)56-44(67)33(21-27(4)5)54-45(68)34(25-59)55-43(66)31(16-13-14-18-38(63)72-10)53-36(61)22-49-46(69)35-17-15-19-58(35)37(62)23-50-42(65)32(20-26(2)3)52-30(9)60/h14,18,26-29,31-35,40-41,59H,12-13,15-17,19-25H2,1-11H3,(H,49,69)(H,50,65)(H,51,70)(H,52,60)(H,53,61)(H,54,68)(H,55,66)(H,56,67)(H,57,71)/b18-14+/t29-,31-,32-,33-,34-,35-,40-,41-/m0/s1. The highest BCUT2D eigenvalue weighted by Gasteiger charge is 2.37. The van der Waals surface area contributed by atoms with E-state index < -0.39 is 145 Å². The third kappa shape index (κ3) is 23.6. The van der Waals surface area contributed by atoms with E-state index in [1.165, 1.54) is 17.9 Å². The minimum atomic E-state index is -1.68. The van der Waals surface area contributed by atoms with E-state index in [-0.39, 0.29) is 50.0 Å². The molecule has 0 spiro atoms. The SMILES string of the molecule is CC[C@H](C)[C@H](NC(=O)[C@@H](NC(=O)[C@H](CC(C)C)NC(=O)[C@H](CO)NC(=O)[C@H](CC/C=C/C(=O)OC)NC(=O)CNC(=O)[C@@H]1CCCN1C(=O)CNC(=O)[C@H](CC(C)C)NC(C)=O)C(C)C)C(=O)NCC(=O)OC. The van der Waals surface area contributed by atoms with Crippen molar-refractivity contribution in [3.05, 3.63) is 12.2 Å². The van der Waals surface area contributed by atoms with Gasteiger partial charge >= 0.3 is 11.9 Å². The number of aliphatic hydroxyl groups excluding tert-OH is 1. The van der Waals surface area contributed by atoms with Crippen LogP contribution in [0.2, 0.25) is 0 Å². The number of carbonyl (C=O) groups excluding carboxylic acids is 12. The Bertz CT molecular complexity index is 1960. The predicted molar refractivity (Wildman–Crippen MR) is 264 cm³/mol. The van der Waals surface area contributed by atoms with Gasteiger partial charge in [0.15, 0.2) is 0 Å². The maximum atomic E-state index is 13.9. The second-order valence-electron chi connectivity index (χ2n) is 19.0. The molecule has 8 atom stereocenters. The van der Waals surface area contributed by atoms with E-state index in [4.69, 9.17) is 0 Å². The second-order valence-corrected chi connectivity index (χ2v) is 19.0. The van der Waals surface area contributed by atoms with Crippen LogP contribution in [0.15, 0.2) is 12.2 Å². The highest BCUT2D eigenvalue weighted by molar-refractivity contribution is 5.98. The fourth-order valence-electron chi connectivity index (χ4n) is 7.50. The lowest BCUT2D eigenvalue weighted by molar-refractivity contribution is -0.142. The van der Waals surface area contributed by atoms with Crippen LogP contribution in [0.3, 0.4) is 0 Å². The van der Waals surface area contributed by atoms with Crippen molar-refractivity contribution in [1.29, 1.82) is 0 Å². The summed E-state index contributed by atoms with van der Waals surface area (Å²) in [5.41, 5.74) is 0. The molecule has 1 saturated heterocycles. The fraction of sp³-hybridized carbons (Fsp3) is 0.708. The molecule has 1 aliphatic heterocycles. The lowest BCUT2D eigenvalue weighted by Crippen LogP contribution is -2.61. The van der Waals surface area contributed by atoms with Gasteiger partial charge in [0.25, 0.3) is 0 Å². The number of likely N-dealkylation sites (tertiary alicyclic amines) is 1. The van der Waals surface area contributed by atoms with Gasteiger partial charge in [-0.1, -0.05) is 67.9 Å². The summed E-state index contributed by atoms with van der Waals surface area (Å²) in [6.07, 6.45) is 3.88. The highest BCUT2D eigenvalue weighted by atomic mass is 16.5. The Morgan fingerprint density at radius 1 is 0.630 bits per heavy atom. The monoisotopic (exact) mass is 1040 g/mol. The molecule has 0 aromatic heterocycles. The number of aliphatic hydroxyl groups is 1. The molecule has 73 heavy (non-hydrogen) atoms. The van der Waals surface area contributed by atoms with E-state index >= 15 is 0 Å². The first-order valence-corrected chi connectivity index (χ1v) is 24.6. The number of nitrogens with zero attached hydrogens (tertiary/aromatic N) is 1. The molecule has 0 aliphatic carbocycles. The average Bonchev–Trinajstić information content (AvgIpc) is 3.84. The molecular weight excluding hydrogens is 957 g/mol. The van der Waals surface area contributed by atoms with Crippen LogP contribution < -0.4 is 47.9 Å². The van der Waals surface area contributed by atoms with E-state index in [2.05, 4.69) is 57.3 Å². The lowest BCUT2D eigenvalue weighted by Gasteiger charge is -2.30. The largest absolute Gasteiger partial charge is 0.468 e. The quantitative estimate of drug-likeness (QED) is 0.0259. The summed E-state index contributed by atoms with van der Waals surface area (Å²) in [6.45, 7) is 13.1. The van der Waals surface area contributed by atoms with Crippen molar-refractivity contribution in [2.24, 2.45) is 23.7 Å². The molecule has 10 amide bonds. The van der Waals surface area contributed by atoms with E-state index in [1.54, 1.807) is 41.5 Å². The number of amides is 10. The molecule has 0 aromatic rings. The van der Waals surface area contributed by atoms with Gasteiger partial charge in [0.2, 0.25) is 59.1 Å². The summed E-state index contributed by atoms with van der Waals surface area (Å²) >= 11 is 0. The highest BCUT2D eigenvalue weighted by Crippen LogP contribution is 2.18. The van der Waals surface area contributed by atoms with Gasteiger partial charge in [-0.05, 0) is 62.2 Å². The van der Waals surface area contributed by atoms with Gasteiger partial charge in [0.1, 0.15) is 48.8 Å². The number of hydrogen-bond donors (Lipinski definition) is 10. The molecule has 0 saturated carbocycles. The molecule has 1 rings (SSSR count). The van der Waals surface area contributed by atoms with Crippen molar-refractivity contribution < 1.29 is 72.1 Å². The molecule has 412 valence electrons. The lowest BCUT2D eigenvalue weighted by atomic mass is 9.96. The molecule has 1 aliphatic rings. The van der Waals surface area contributed by atoms with E-state index in [9.17, 15) is 62.6 Å². The number of carbonyl (C=O) groups is 12. The minimum absolute atomic E-state index is 0.0199. The first-order valence-electron chi connectivity index (χ1n) is 24.6. The van der Waals surface area contributed by atoms with Crippen molar-refractivity contribution >= 4 is 71.0 Å². The normalized spacial score (nSPS) is 16.2. The Balaban J connectivity index is 3.17. The molecule has 0 radical (unpaired) electrons. The van der Waals surface area contributed by atoms with Crippen LogP contribution in [0.5, 0.6) is 0 Å². The van der Waals surface area contributed by atoms with Crippen LogP contribution >= 0.6 is 0 Å². The van der Waals surface area contributed by atoms with Crippen LogP contribution in [0.1, 0.15) is 107 Å². The summed E-state index contributed by atoms with van der Waals surface area (Å²) in [5.74, 6) is -9.63. The Morgan fingerprint density at radius 2 is 1.19 bits per heavy atom. The van der Waals surface area contributed by atoms with Crippen molar-refractivity contribution in [2.75, 3.05) is 47.0 Å². The Labute approximate surface area is 427 Å². The summed E-state index contributed by atoms with van der Waals surface area (Å²) in [4.78, 5) is 157. The van der Waals surface area contributed by atoms with Gasteiger partial charge in [0, 0.05) is 19.5 Å². The van der Waals surface area contributed by atoms with Crippen molar-refractivity contribution in [2.45, 2.75) is 150 Å². The molecule has 25 heteroatoms. The Kier molecular flexibility index (Phi) is 29.2. The summed E-state index contributed by atoms with van der Waals surface area (Å²) < 4.78 is 9.17. The molecule has 10 N–H and O–H groups in total. The number of rotatable bonds is 31. The molecule has 1 fully saturated rings. The average molecular weight is 1040 g/mol. The molecule has 0 aromatic carbocycles. The zero-order valence-corrected chi connectivity index (χ0v) is 44.1. The molecule has 0 bridgehead atoms. The molecule has 25 nitrogen and oxygen atoms in total. The first-order chi connectivity index (χ1) is 34.3. The number of esters is 2. The van der Waals surface area contributed by atoms with Crippen LogP contribution in [0, 0.1) is 23.7 Å². The zero-order chi connectivity index (χ0) is 55.5. The maximum absolute atomic E-state index is 13.9. The topological polar surface area (TPSA) is 355 Å². The Morgan fingerprint density at radius 3 is 1.74 bits per heavy atom. The first kappa shape index (κ1) is 64.4. The fourth-order valence-corrected chi connectivity index (χ4v) is 7.50. The van der Waals surface area contributed by atoms with Gasteiger partial charge in [-0.2, -0.15) is 0 Å². The predicted octanol–water partition coefficient (Wildman–Crippen LogP) is -2.28. The van der Waals surface area contributed by atoms with Crippen molar-refractivity contribution in [3.8, 4) is 0 Å². The van der Waals surface area contributed by atoms with Gasteiger partial charge in [-0.3, -0.25) is 52.7 Å². The van der Waals surface area contributed by atoms with E-state index in [0.717, 1.165) is 20.3 Å². The van der Waals surface area contributed by atoms with E-state index in [0.29, 0.717) is 19.3 Å². The number of hydrogen-bond acceptors (Lipinski definition) is 15. The van der Waals surface area contributed by atoms with Crippen molar-refractivity contribution in [1.82, 2.24) is 52.8 Å². The number of nitrogens with one attached hydrogen (secondary N) is 9. The minimum Gasteiger partial charge on any atom is -0.468 e. The third-order valence-corrected chi connectivity index (χ3v) is 11.7. The number of allylic oxidation sites excluding steroid dienone is 1. The third-order valence-electron chi connectivity index (χ3n) is 11.7. The molecule has 1 heterocycles. The number of ether oxygens (including phenoxy) is 2. The molecular formula is C48H80N10O15. The smallest absolute Gasteiger partial charge is 0.330 e. The van der Waals surface area contributed by atoms with Crippen LogP contribution in [0.25, 0.3) is 0 Å². The number of methoxy groups -OCH3 is 2. The maximum Gasteiger partial charge on any atom is 0.330 e. The van der Waals surface area contributed by atoms with Crippen LogP contribution in [-0.2, 0) is 67.0 Å². The Hall–Kier alpha value is -6.66. The van der Waals surface area contributed by atoms with Crippen LogP contribution in [0.4, 0.5) is 0 Å². The molecule has 0 unspecified atom stereocenters. The summed E-state index contributed by atoms with van der Waals surface area (Å²) in [5, 5.41) is 33.0. The second kappa shape index (κ2) is 33.1. The van der Waals surface area contributed by atoms with E-state index in [1.807, 2.05) is 13.8 Å². The van der Waals surface area contributed by atoms with Gasteiger partial charge < -0.3 is 67.3 Å². The van der Waals surface area contributed by atoms with Crippen LogP contribution in [-0.4, -0.2) is 170 Å². The summed E-state index contributed by atoms with van der Waals surface area (Å²) in [6, 6.07) is -8.54. The zero-order valence-electron chi connectivity index (χ0n) is 44.1.